The van der Waals surface area contributed by atoms with Gasteiger partial charge in [-0.05, 0) is 28.1 Å². The van der Waals surface area contributed by atoms with Crippen molar-refractivity contribution in [1.82, 2.24) is 5.32 Å². The van der Waals surface area contributed by atoms with Crippen LogP contribution in [0.3, 0.4) is 0 Å². The third-order valence-electron chi connectivity index (χ3n) is 3.21. The Morgan fingerprint density at radius 3 is 2.81 bits per heavy atom. The highest BCUT2D eigenvalue weighted by Crippen LogP contribution is 2.27. The van der Waals surface area contributed by atoms with Gasteiger partial charge in [-0.2, -0.15) is 0 Å². The van der Waals surface area contributed by atoms with Crippen LogP contribution in [0.5, 0.6) is 5.75 Å². The maximum Gasteiger partial charge on any atom is 0.332 e. The molecule has 7 nitrogen and oxygen atoms in total. The highest BCUT2D eigenvalue weighted by molar-refractivity contribution is 9.10. The monoisotopic (exact) mass is 358 g/mol. The second-order valence-corrected chi connectivity index (χ2v) is 5.47. The third kappa shape index (κ3) is 3.45. The molecule has 1 aromatic rings. The standard InChI is InChI=1S/C13H15BrN2O5/c1-20-8-2-3-9(14)10(6-8)15-12(19)16-13(11(17)18)4-5-21-7-13/h2-3,6H,4-5,7H2,1H3,(H,17,18)(H2,15,16,19). The minimum atomic E-state index is -1.38. The summed E-state index contributed by atoms with van der Waals surface area (Å²) in [6.45, 7) is 0.254. The van der Waals surface area contributed by atoms with Crippen molar-refractivity contribution in [2.75, 3.05) is 25.6 Å². The van der Waals surface area contributed by atoms with Crippen LogP contribution in [-0.4, -0.2) is 43.0 Å². The summed E-state index contributed by atoms with van der Waals surface area (Å²) in [7, 11) is 1.52. The maximum atomic E-state index is 12.0. The van der Waals surface area contributed by atoms with Gasteiger partial charge in [-0.1, -0.05) is 0 Å². The van der Waals surface area contributed by atoms with Crippen LogP contribution in [-0.2, 0) is 9.53 Å². The maximum absolute atomic E-state index is 12.0. The molecule has 0 aliphatic carbocycles. The molecular formula is C13H15BrN2O5. The number of ether oxygens (including phenoxy) is 2. The first-order chi connectivity index (χ1) is 9.97. The van der Waals surface area contributed by atoms with Gasteiger partial charge in [0.05, 0.1) is 19.4 Å². The molecule has 1 aliphatic rings. The number of halogens is 1. The van der Waals surface area contributed by atoms with E-state index >= 15 is 0 Å². The van der Waals surface area contributed by atoms with Gasteiger partial charge in [0.2, 0.25) is 0 Å². The Balaban J connectivity index is 2.09. The molecule has 1 saturated heterocycles. The number of urea groups is 1. The summed E-state index contributed by atoms with van der Waals surface area (Å²) in [5.41, 5.74) is -0.901. The van der Waals surface area contributed by atoms with E-state index in [9.17, 15) is 14.7 Å². The molecule has 1 aromatic carbocycles. The highest BCUT2D eigenvalue weighted by Gasteiger charge is 2.44. The van der Waals surface area contributed by atoms with E-state index in [1.54, 1.807) is 18.2 Å². The van der Waals surface area contributed by atoms with Gasteiger partial charge in [0.25, 0.3) is 0 Å². The van der Waals surface area contributed by atoms with Crippen molar-refractivity contribution >= 4 is 33.6 Å². The molecule has 1 atom stereocenters. The molecule has 0 bridgehead atoms. The van der Waals surface area contributed by atoms with Crippen molar-refractivity contribution in [1.29, 1.82) is 0 Å². The molecule has 1 unspecified atom stereocenters. The van der Waals surface area contributed by atoms with Crippen molar-refractivity contribution < 1.29 is 24.2 Å². The van der Waals surface area contributed by atoms with E-state index in [0.717, 1.165) is 0 Å². The zero-order chi connectivity index (χ0) is 15.5. The van der Waals surface area contributed by atoms with Gasteiger partial charge in [-0.3, -0.25) is 0 Å². The Morgan fingerprint density at radius 1 is 1.48 bits per heavy atom. The minimum Gasteiger partial charge on any atom is -0.497 e. The number of benzene rings is 1. The summed E-state index contributed by atoms with van der Waals surface area (Å²) in [5, 5.41) is 14.3. The highest BCUT2D eigenvalue weighted by atomic mass is 79.9. The van der Waals surface area contributed by atoms with Gasteiger partial charge in [0.1, 0.15) is 5.75 Å². The average Bonchev–Trinajstić information content (AvgIpc) is 2.91. The van der Waals surface area contributed by atoms with Gasteiger partial charge < -0.3 is 25.2 Å². The molecule has 8 heteroatoms. The van der Waals surface area contributed by atoms with Crippen molar-refractivity contribution in [3.63, 3.8) is 0 Å². The van der Waals surface area contributed by atoms with E-state index in [0.29, 0.717) is 22.5 Å². The molecule has 1 fully saturated rings. The second-order valence-electron chi connectivity index (χ2n) is 4.61. The van der Waals surface area contributed by atoms with Crippen LogP contribution in [0.2, 0.25) is 0 Å². The van der Waals surface area contributed by atoms with Crippen LogP contribution >= 0.6 is 15.9 Å². The minimum absolute atomic E-state index is 0.0466. The lowest BCUT2D eigenvalue weighted by atomic mass is 9.99. The normalized spacial score (nSPS) is 20.9. The number of anilines is 1. The fraction of sp³-hybridized carbons (Fsp3) is 0.385. The number of hydrogen-bond acceptors (Lipinski definition) is 4. The number of carbonyl (C=O) groups excluding carboxylic acids is 1. The van der Waals surface area contributed by atoms with Crippen molar-refractivity contribution in [3.05, 3.63) is 22.7 Å². The Hall–Kier alpha value is -1.80. The van der Waals surface area contributed by atoms with Crippen LogP contribution in [0, 0.1) is 0 Å². The molecular weight excluding hydrogens is 344 g/mol. The van der Waals surface area contributed by atoms with E-state index in [-0.39, 0.29) is 13.0 Å². The van der Waals surface area contributed by atoms with Gasteiger partial charge in [-0.25, -0.2) is 9.59 Å². The molecule has 0 aromatic heterocycles. The molecule has 1 aliphatic heterocycles. The topological polar surface area (TPSA) is 96.9 Å². The fourth-order valence-electron chi connectivity index (χ4n) is 1.98. The van der Waals surface area contributed by atoms with Crippen LogP contribution in [0.25, 0.3) is 0 Å². The average molecular weight is 359 g/mol. The van der Waals surface area contributed by atoms with Crippen molar-refractivity contribution in [3.8, 4) is 5.75 Å². The number of carboxylic acid groups (broad SMARTS) is 1. The predicted molar refractivity (Wildman–Crippen MR) is 78.7 cm³/mol. The molecule has 0 radical (unpaired) electrons. The number of amides is 2. The number of carbonyl (C=O) groups is 2. The first-order valence-corrected chi connectivity index (χ1v) is 7.00. The summed E-state index contributed by atoms with van der Waals surface area (Å²) >= 11 is 3.30. The number of rotatable bonds is 4. The number of nitrogens with one attached hydrogen (secondary N) is 2. The van der Waals surface area contributed by atoms with Gasteiger partial charge in [0, 0.05) is 23.6 Å². The largest absolute Gasteiger partial charge is 0.497 e. The van der Waals surface area contributed by atoms with Gasteiger partial charge in [-0.15, -0.1) is 0 Å². The molecule has 0 spiro atoms. The predicted octanol–water partition coefficient (Wildman–Crippen LogP) is 1.82. The molecule has 21 heavy (non-hydrogen) atoms. The summed E-state index contributed by atoms with van der Waals surface area (Å²) < 4.78 is 10.8. The SMILES string of the molecule is COc1ccc(Br)c(NC(=O)NC2(C(=O)O)CCOC2)c1. The summed E-state index contributed by atoms with van der Waals surface area (Å²) in [6.07, 6.45) is 0.231. The molecule has 3 N–H and O–H groups in total. The quantitative estimate of drug-likeness (QED) is 0.762. The summed E-state index contributed by atoms with van der Waals surface area (Å²) in [4.78, 5) is 23.4. The third-order valence-corrected chi connectivity index (χ3v) is 3.90. The van der Waals surface area contributed by atoms with Crippen molar-refractivity contribution in [2.45, 2.75) is 12.0 Å². The van der Waals surface area contributed by atoms with Crippen LogP contribution < -0.4 is 15.4 Å². The number of aliphatic carboxylic acids is 1. The van der Waals surface area contributed by atoms with Crippen LogP contribution in [0.4, 0.5) is 10.5 Å². The van der Waals surface area contributed by atoms with E-state index in [2.05, 4.69) is 26.6 Å². The summed E-state index contributed by atoms with van der Waals surface area (Å²) in [6, 6.07) is 4.47. The van der Waals surface area contributed by atoms with E-state index < -0.39 is 17.5 Å². The smallest absolute Gasteiger partial charge is 0.332 e. The number of hydrogen-bond donors (Lipinski definition) is 3. The van der Waals surface area contributed by atoms with Crippen LogP contribution in [0.15, 0.2) is 22.7 Å². The van der Waals surface area contributed by atoms with Crippen LogP contribution in [0.1, 0.15) is 6.42 Å². The Kier molecular flexibility index (Phi) is 4.69. The molecule has 2 amide bonds. The Morgan fingerprint density at radius 2 is 2.24 bits per heavy atom. The van der Waals surface area contributed by atoms with E-state index in [1.807, 2.05) is 0 Å². The van der Waals surface area contributed by atoms with E-state index in [4.69, 9.17) is 9.47 Å². The zero-order valence-corrected chi connectivity index (χ0v) is 12.9. The number of carboxylic acids is 1. The van der Waals surface area contributed by atoms with E-state index in [1.165, 1.54) is 7.11 Å². The fourth-order valence-corrected chi connectivity index (χ4v) is 2.33. The molecule has 114 valence electrons. The molecule has 1 heterocycles. The summed E-state index contributed by atoms with van der Waals surface area (Å²) in [5.74, 6) is -0.537. The zero-order valence-electron chi connectivity index (χ0n) is 11.3. The van der Waals surface area contributed by atoms with Crippen molar-refractivity contribution in [2.24, 2.45) is 0 Å². The van der Waals surface area contributed by atoms with Gasteiger partial charge in [0.15, 0.2) is 5.54 Å². The second kappa shape index (κ2) is 6.31. The lowest BCUT2D eigenvalue weighted by molar-refractivity contribution is -0.144. The molecule has 0 saturated carbocycles. The first-order valence-electron chi connectivity index (χ1n) is 6.21. The first kappa shape index (κ1) is 15.6. The molecule has 2 rings (SSSR count). The Labute approximate surface area is 129 Å². The lowest BCUT2D eigenvalue weighted by Crippen LogP contribution is -2.56. The lowest BCUT2D eigenvalue weighted by Gasteiger charge is -2.24. The Bertz CT molecular complexity index is 557. The van der Waals surface area contributed by atoms with Gasteiger partial charge >= 0.3 is 12.0 Å². The number of methoxy groups -OCH3 is 1.